The number of nitro benzene ring substituents is 1. The van der Waals surface area contributed by atoms with Gasteiger partial charge in [-0.3, -0.25) is 24.5 Å². The highest BCUT2D eigenvalue weighted by Crippen LogP contribution is 2.24. The van der Waals surface area contributed by atoms with Crippen LogP contribution in [0.15, 0.2) is 56.8 Å². The number of nitrogens with zero attached hydrogens (tertiary/aromatic N) is 1. The molecule has 0 aliphatic rings. The minimum Gasteiger partial charge on any atom is -0.285 e. The molecule has 0 aliphatic carbocycles. The van der Waals surface area contributed by atoms with Crippen LogP contribution in [0.4, 0.5) is 5.69 Å². The van der Waals surface area contributed by atoms with Crippen molar-refractivity contribution in [2.24, 2.45) is 0 Å². The zero-order valence-corrected chi connectivity index (χ0v) is 10.5. The number of non-ortho nitro benzene ring substituents is 1. The molecule has 0 bridgehead atoms. The van der Waals surface area contributed by atoms with Gasteiger partial charge in [-0.2, -0.15) is 0 Å². The van der Waals surface area contributed by atoms with E-state index in [1.807, 2.05) is 0 Å². The van der Waals surface area contributed by atoms with Crippen LogP contribution in [0.3, 0.4) is 0 Å². The molecule has 6 nitrogen and oxygen atoms in total. The van der Waals surface area contributed by atoms with Crippen LogP contribution in [0.5, 0.6) is 0 Å². The maximum atomic E-state index is 11.7. The molecule has 6 heteroatoms. The highest BCUT2D eigenvalue weighted by Gasteiger charge is 2.13. The van der Waals surface area contributed by atoms with E-state index in [0.717, 1.165) is 0 Å². The van der Waals surface area contributed by atoms with E-state index in [9.17, 15) is 24.5 Å². The summed E-state index contributed by atoms with van der Waals surface area (Å²) in [5.41, 5.74) is -1.39. The Morgan fingerprint density at radius 1 is 0.714 bits per heavy atom. The summed E-state index contributed by atoms with van der Waals surface area (Å²) >= 11 is 0. The van der Waals surface area contributed by atoms with Gasteiger partial charge in [0.05, 0.1) is 4.92 Å². The second kappa shape index (κ2) is 4.45. The molecule has 3 aromatic rings. The molecule has 0 heterocycles. The first-order chi connectivity index (χ1) is 9.99. The van der Waals surface area contributed by atoms with Gasteiger partial charge in [-0.15, -0.1) is 0 Å². The summed E-state index contributed by atoms with van der Waals surface area (Å²) in [6.45, 7) is 0. The Kier molecular flexibility index (Phi) is 2.72. The van der Waals surface area contributed by atoms with Crippen LogP contribution in [0.1, 0.15) is 0 Å². The smallest absolute Gasteiger partial charge is 0.273 e. The van der Waals surface area contributed by atoms with Crippen LogP contribution in [-0.4, -0.2) is 4.92 Å². The lowest BCUT2D eigenvalue weighted by molar-refractivity contribution is -0.384. The first-order valence-electron chi connectivity index (χ1n) is 6.01. The zero-order chi connectivity index (χ0) is 15.1. The zero-order valence-electron chi connectivity index (χ0n) is 10.5. The Labute approximate surface area is 116 Å². The average molecular weight is 281 g/mol. The van der Waals surface area contributed by atoms with Gasteiger partial charge in [-0.05, 0) is 35.4 Å². The molecular formula is C15H7NO5. The van der Waals surface area contributed by atoms with Gasteiger partial charge < -0.3 is 0 Å². The van der Waals surface area contributed by atoms with Crippen molar-refractivity contribution in [3.05, 3.63) is 83.2 Å². The SMILES string of the molecule is O=c1c(=O)c2ccc(-c3ccc([N+](=O)[O-])cc3)cc2c1=O. The van der Waals surface area contributed by atoms with E-state index in [1.165, 1.54) is 24.3 Å². The highest BCUT2D eigenvalue weighted by atomic mass is 16.6. The summed E-state index contributed by atoms with van der Waals surface area (Å²) in [5.74, 6) is 0. The van der Waals surface area contributed by atoms with E-state index in [0.29, 0.717) is 11.1 Å². The summed E-state index contributed by atoms with van der Waals surface area (Å²) in [6, 6.07) is 10.3. The van der Waals surface area contributed by atoms with E-state index in [-0.39, 0.29) is 16.5 Å². The third-order valence-electron chi connectivity index (χ3n) is 3.33. The molecule has 0 N–H and O–H groups in total. The summed E-state index contributed by atoms with van der Waals surface area (Å²) in [7, 11) is 0. The summed E-state index contributed by atoms with van der Waals surface area (Å²) in [6.07, 6.45) is 0. The molecule has 0 radical (unpaired) electrons. The molecule has 0 spiro atoms. The standard InChI is InChI=1S/C15H7NO5/c17-13-11-6-3-9(7-12(11)14(18)15(13)19)8-1-4-10(5-2-8)16(20)21/h1-7H. The van der Waals surface area contributed by atoms with E-state index >= 15 is 0 Å². The Balaban J connectivity index is 2.19. The van der Waals surface area contributed by atoms with Gasteiger partial charge in [0.2, 0.25) is 10.9 Å². The molecule has 0 aromatic heterocycles. The van der Waals surface area contributed by atoms with Crippen LogP contribution in [0.25, 0.3) is 21.9 Å². The fourth-order valence-corrected chi connectivity index (χ4v) is 2.23. The molecule has 102 valence electrons. The molecule has 0 saturated heterocycles. The van der Waals surface area contributed by atoms with Crippen molar-refractivity contribution in [2.45, 2.75) is 0 Å². The van der Waals surface area contributed by atoms with Crippen molar-refractivity contribution < 1.29 is 4.92 Å². The first kappa shape index (κ1) is 12.9. The van der Waals surface area contributed by atoms with Gasteiger partial charge in [0, 0.05) is 22.9 Å². The number of fused-ring (bicyclic) bond motifs is 1. The molecule has 3 aromatic carbocycles. The third-order valence-corrected chi connectivity index (χ3v) is 3.33. The van der Waals surface area contributed by atoms with Crippen LogP contribution < -0.4 is 16.3 Å². The summed E-state index contributed by atoms with van der Waals surface area (Å²) in [4.78, 5) is 44.7. The lowest BCUT2D eigenvalue weighted by atomic mass is 10.0. The largest absolute Gasteiger partial charge is 0.285 e. The second-order valence-corrected chi connectivity index (χ2v) is 4.55. The van der Waals surface area contributed by atoms with Gasteiger partial charge in [-0.25, -0.2) is 0 Å². The fraction of sp³-hybridized carbons (Fsp3) is 0. The average Bonchev–Trinajstić information content (AvgIpc) is 2.72. The van der Waals surface area contributed by atoms with Gasteiger partial charge in [0.25, 0.3) is 11.1 Å². The molecule has 0 aliphatic heterocycles. The molecule has 21 heavy (non-hydrogen) atoms. The van der Waals surface area contributed by atoms with E-state index in [4.69, 9.17) is 0 Å². The highest BCUT2D eigenvalue weighted by molar-refractivity contribution is 5.88. The minimum absolute atomic E-state index is 0.0404. The molecule has 0 atom stereocenters. The van der Waals surface area contributed by atoms with Crippen molar-refractivity contribution in [1.29, 1.82) is 0 Å². The van der Waals surface area contributed by atoms with Crippen molar-refractivity contribution in [1.82, 2.24) is 0 Å². The van der Waals surface area contributed by atoms with Crippen LogP contribution in [-0.2, 0) is 0 Å². The maximum absolute atomic E-state index is 11.7. The quantitative estimate of drug-likeness (QED) is 0.401. The molecule has 0 fully saturated rings. The summed E-state index contributed by atoms with van der Waals surface area (Å²) in [5, 5.41) is 10.8. The first-order valence-corrected chi connectivity index (χ1v) is 6.01. The number of rotatable bonds is 2. The van der Waals surface area contributed by atoms with Crippen molar-refractivity contribution in [3.8, 4) is 11.1 Å². The van der Waals surface area contributed by atoms with Gasteiger partial charge in [-0.1, -0.05) is 6.07 Å². The number of benzene rings is 2. The Hall–Kier alpha value is -3.15. The molecule has 3 rings (SSSR count). The molecule has 0 saturated carbocycles. The molecule has 0 unspecified atom stereocenters. The van der Waals surface area contributed by atoms with Gasteiger partial charge in [0.15, 0.2) is 0 Å². The number of hydrogen-bond donors (Lipinski definition) is 0. The van der Waals surface area contributed by atoms with E-state index in [1.54, 1.807) is 18.2 Å². The predicted molar refractivity (Wildman–Crippen MR) is 77.2 cm³/mol. The minimum atomic E-state index is -1.02. The topological polar surface area (TPSA) is 94.3 Å². The third kappa shape index (κ3) is 1.93. The van der Waals surface area contributed by atoms with Gasteiger partial charge >= 0.3 is 0 Å². The second-order valence-electron chi connectivity index (χ2n) is 4.55. The number of nitro groups is 1. The van der Waals surface area contributed by atoms with Crippen LogP contribution in [0.2, 0.25) is 0 Å². The Bertz CT molecular complexity index is 1010. The van der Waals surface area contributed by atoms with Crippen molar-refractivity contribution in [2.75, 3.05) is 0 Å². The lowest BCUT2D eigenvalue weighted by Crippen LogP contribution is -2.29. The molecular weight excluding hydrogens is 274 g/mol. The Morgan fingerprint density at radius 2 is 1.29 bits per heavy atom. The fourth-order valence-electron chi connectivity index (χ4n) is 2.23. The Morgan fingerprint density at radius 3 is 1.90 bits per heavy atom. The monoisotopic (exact) mass is 281 g/mol. The van der Waals surface area contributed by atoms with E-state index < -0.39 is 21.2 Å². The predicted octanol–water partition coefficient (Wildman–Crippen LogP) is 1.37. The maximum Gasteiger partial charge on any atom is 0.273 e. The lowest BCUT2D eigenvalue weighted by Gasteiger charge is -2.01. The van der Waals surface area contributed by atoms with Gasteiger partial charge in [0.1, 0.15) is 0 Å². The van der Waals surface area contributed by atoms with Crippen molar-refractivity contribution in [3.63, 3.8) is 0 Å². The normalized spacial score (nSPS) is 10.9. The van der Waals surface area contributed by atoms with Crippen molar-refractivity contribution >= 4 is 16.5 Å². The summed E-state index contributed by atoms with van der Waals surface area (Å²) < 4.78 is 0. The number of hydrogen-bond acceptors (Lipinski definition) is 5. The van der Waals surface area contributed by atoms with E-state index in [2.05, 4.69) is 0 Å². The van der Waals surface area contributed by atoms with Crippen LogP contribution >= 0.6 is 0 Å². The van der Waals surface area contributed by atoms with Crippen LogP contribution in [0, 0.1) is 10.1 Å². The molecule has 0 amide bonds.